The van der Waals surface area contributed by atoms with Crippen LogP contribution in [0.4, 0.5) is 0 Å². The maximum Gasteiger partial charge on any atom is 0.336 e. The molecule has 0 unspecified atom stereocenters. The van der Waals surface area contributed by atoms with E-state index < -0.39 is 17.9 Å². The van der Waals surface area contributed by atoms with Crippen molar-refractivity contribution in [1.82, 2.24) is 5.32 Å². The van der Waals surface area contributed by atoms with Crippen molar-refractivity contribution in [2.45, 2.75) is 19.8 Å². The highest BCUT2D eigenvalue weighted by Gasteiger charge is 2.35. The molecule has 1 aliphatic rings. The first-order valence-electron chi connectivity index (χ1n) is 8.82. The van der Waals surface area contributed by atoms with E-state index in [1.165, 1.54) is 33.7 Å². The van der Waals surface area contributed by atoms with E-state index in [9.17, 15) is 9.59 Å². The van der Waals surface area contributed by atoms with Crippen LogP contribution in [0.25, 0.3) is 0 Å². The second-order valence-corrected chi connectivity index (χ2v) is 5.70. The first-order chi connectivity index (χ1) is 13.5. The molecule has 0 radical (unpaired) electrons. The lowest BCUT2D eigenvalue weighted by Crippen LogP contribution is -2.27. The average molecular weight is 391 g/mol. The lowest BCUT2D eigenvalue weighted by molar-refractivity contribution is -0.139. The Labute approximate surface area is 164 Å². The van der Waals surface area contributed by atoms with E-state index >= 15 is 0 Å². The number of hydrogen-bond donors (Lipinski definition) is 1. The Morgan fingerprint density at radius 1 is 0.857 bits per heavy atom. The van der Waals surface area contributed by atoms with Crippen LogP contribution < -0.4 is 19.5 Å². The molecule has 2 rings (SSSR count). The number of carbonyl (C=O) groups excluding carboxylic acids is 2. The molecule has 1 heterocycles. The second-order valence-electron chi connectivity index (χ2n) is 5.70. The number of dihydropyridines is 1. The predicted molar refractivity (Wildman–Crippen MR) is 101 cm³/mol. The van der Waals surface area contributed by atoms with E-state index in [2.05, 4.69) is 5.32 Å². The summed E-state index contributed by atoms with van der Waals surface area (Å²) < 4.78 is 26.5. The third-order valence-electron chi connectivity index (χ3n) is 4.14. The average Bonchev–Trinajstić information content (AvgIpc) is 2.72. The van der Waals surface area contributed by atoms with Gasteiger partial charge >= 0.3 is 11.9 Å². The number of rotatable bonds is 8. The quantitative estimate of drug-likeness (QED) is 0.675. The van der Waals surface area contributed by atoms with Crippen molar-refractivity contribution in [3.63, 3.8) is 0 Å². The summed E-state index contributed by atoms with van der Waals surface area (Å²) in [6.45, 7) is 3.84. The lowest BCUT2D eigenvalue weighted by atomic mass is 9.83. The molecule has 1 aliphatic heterocycles. The van der Waals surface area contributed by atoms with Crippen molar-refractivity contribution in [1.29, 1.82) is 0 Å². The van der Waals surface area contributed by atoms with Crippen LogP contribution in [0.3, 0.4) is 0 Å². The smallest absolute Gasteiger partial charge is 0.336 e. The van der Waals surface area contributed by atoms with Crippen LogP contribution in [0.15, 0.2) is 35.7 Å². The van der Waals surface area contributed by atoms with Gasteiger partial charge in [0.05, 0.1) is 51.6 Å². The summed E-state index contributed by atoms with van der Waals surface area (Å²) in [5, 5.41) is 2.83. The van der Waals surface area contributed by atoms with Gasteiger partial charge in [-0.2, -0.15) is 0 Å². The first-order valence-corrected chi connectivity index (χ1v) is 8.82. The summed E-state index contributed by atoms with van der Waals surface area (Å²) >= 11 is 0. The van der Waals surface area contributed by atoms with E-state index in [4.69, 9.17) is 23.7 Å². The molecule has 0 spiro atoms. The predicted octanol–water partition coefficient (Wildman–Crippen LogP) is 2.29. The minimum absolute atomic E-state index is 0.205. The van der Waals surface area contributed by atoms with Gasteiger partial charge in [-0.25, -0.2) is 9.59 Å². The van der Waals surface area contributed by atoms with E-state index in [0.29, 0.717) is 22.8 Å². The molecule has 0 bridgehead atoms. The number of hydrogen-bond acceptors (Lipinski definition) is 8. The van der Waals surface area contributed by atoms with E-state index in [-0.39, 0.29) is 24.4 Å². The molecule has 1 aromatic rings. The number of ether oxygens (including phenoxy) is 5. The summed E-state index contributed by atoms with van der Waals surface area (Å²) in [7, 11) is 4.49. The molecule has 0 saturated heterocycles. The fourth-order valence-corrected chi connectivity index (χ4v) is 2.96. The van der Waals surface area contributed by atoms with Crippen molar-refractivity contribution in [3.05, 3.63) is 41.2 Å². The Morgan fingerprint density at radius 2 is 1.32 bits per heavy atom. The zero-order valence-electron chi connectivity index (χ0n) is 16.7. The van der Waals surface area contributed by atoms with Crippen LogP contribution >= 0.6 is 0 Å². The van der Waals surface area contributed by atoms with Gasteiger partial charge in [-0.05, 0) is 31.5 Å². The van der Waals surface area contributed by atoms with Gasteiger partial charge < -0.3 is 29.0 Å². The minimum atomic E-state index is -0.729. The summed E-state index contributed by atoms with van der Waals surface area (Å²) in [5.41, 5.74) is 1.12. The van der Waals surface area contributed by atoms with Crippen LogP contribution in [-0.2, 0) is 19.1 Å². The molecule has 8 nitrogen and oxygen atoms in total. The fraction of sp³-hybridized carbons (Fsp3) is 0.400. The van der Waals surface area contributed by atoms with Gasteiger partial charge in [0, 0.05) is 12.4 Å². The van der Waals surface area contributed by atoms with E-state index in [0.717, 1.165) is 0 Å². The number of carbonyl (C=O) groups is 2. The molecule has 1 aromatic carbocycles. The van der Waals surface area contributed by atoms with Gasteiger partial charge in [0.2, 0.25) is 5.75 Å². The topological polar surface area (TPSA) is 92.3 Å². The van der Waals surface area contributed by atoms with Gasteiger partial charge in [0.1, 0.15) is 0 Å². The Morgan fingerprint density at radius 3 is 1.68 bits per heavy atom. The highest BCUT2D eigenvalue weighted by Crippen LogP contribution is 2.44. The van der Waals surface area contributed by atoms with Crippen molar-refractivity contribution >= 4 is 11.9 Å². The first kappa shape index (κ1) is 21.1. The molecule has 0 saturated carbocycles. The molecule has 0 amide bonds. The van der Waals surface area contributed by atoms with Crippen LogP contribution in [0.2, 0.25) is 0 Å². The highest BCUT2D eigenvalue weighted by molar-refractivity contribution is 5.98. The SMILES string of the molecule is CCOC(=O)C1=CNC=C(C(=O)OCC)C1c1cc(OC)c(OC)c(OC)c1. The molecule has 0 fully saturated rings. The maximum absolute atomic E-state index is 12.5. The molecular weight excluding hydrogens is 366 g/mol. The largest absolute Gasteiger partial charge is 0.493 e. The highest BCUT2D eigenvalue weighted by atomic mass is 16.5. The van der Waals surface area contributed by atoms with Gasteiger partial charge in [0.15, 0.2) is 11.5 Å². The van der Waals surface area contributed by atoms with E-state index in [1.54, 1.807) is 26.0 Å². The van der Waals surface area contributed by atoms with Gasteiger partial charge in [-0.3, -0.25) is 0 Å². The normalized spacial score (nSPS) is 13.6. The molecule has 0 atom stereocenters. The summed E-state index contributed by atoms with van der Waals surface area (Å²) in [6, 6.07) is 3.38. The van der Waals surface area contributed by atoms with Crippen molar-refractivity contribution < 1.29 is 33.3 Å². The summed E-state index contributed by atoms with van der Waals surface area (Å²) in [5.74, 6) is -0.588. The number of benzene rings is 1. The maximum atomic E-state index is 12.5. The van der Waals surface area contributed by atoms with Crippen molar-refractivity contribution in [2.24, 2.45) is 0 Å². The molecule has 0 aliphatic carbocycles. The Bertz CT molecular complexity index is 739. The Kier molecular flexibility index (Phi) is 7.31. The fourth-order valence-electron chi connectivity index (χ4n) is 2.96. The van der Waals surface area contributed by atoms with Gasteiger partial charge in [-0.1, -0.05) is 0 Å². The monoisotopic (exact) mass is 391 g/mol. The van der Waals surface area contributed by atoms with E-state index in [1.807, 2.05) is 0 Å². The zero-order chi connectivity index (χ0) is 20.7. The van der Waals surface area contributed by atoms with Crippen LogP contribution in [-0.4, -0.2) is 46.5 Å². The molecule has 8 heteroatoms. The molecular formula is C20H25NO7. The van der Waals surface area contributed by atoms with Crippen LogP contribution in [0.1, 0.15) is 25.3 Å². The van der Waals surface area contributed by atoms with Crippen molar-refractivity contribution in [3.8, 4) is 17.2 Å². The third-order valence-corrected chi connectivity index (χ3v) is 4.14. The number of nitrogens with one attached hydrogen (secondary N) is 1. The third kappa shape index (κ3) is 4.21. The molecule has 1 N–H and O–H groups in total. The summed E-state index contributed by atoms with van der Waals surface area (Å²) in [4.78, 5) is 25.1. The second kappa shape index (κ2) is 9.68. The molecule has 152 valence electrons. The Balaban J connectivity index is 2.63. The minimum Gasteiger partial charge on any atom is -0.493 e. The van der Waals surface area contributed by atoms with Crippen LogP contribution in [0.5, 0.6) is 17.2 Å². The van der Waals surface area contributed by atoms with Crippen molar-refractivity contribution in [2.75, 3.05) is 34.5 Å². The van der Waals surface area contributed by atoms with Crippen LogP contribution in [0, 0.1) is 0 Å². The van der Waals surface area contributed by atoms with Gasteiger partial charge in [-0.15, -0.1) is 0 Å². The summed E-state index contributed by atoms with van der Waals surface area (Å²) in [6.07, 6.45) is 3.02. The Hall–Kier alpha value is -3.16. The standard InChI is InChI=1S/C20H25NO7/c1-6-27-19(22)13-10-21-11-14(20(23)28-7-2)17(13)12-8-15(24-3)18(26-5)16(9-12)25-4/h8-11,17,21H,6-7H2,1-5H3. The number of esters is 2. The molecule has 0 aromatic heterocycles. The lowest BCUT2D eigenvalue weighted by Gasteiger charge is -2.26. The number of methoxy groups -OCH3 is 3. The zero-order valence-corrected chi connectivity index (χ0v) is 16.7. The molecule has 28 heavy (non-hydrogen) atoms. The van der Waals surface area contributed by atoms with Gasteiger partial charge in [0.25, 0.3) is 0 Å².